The van der Waals surface area contributed by atoms with Crippen molar-refractivity contribution >= 4 is 91.9 Å². The van der Waals surface area contributed by atoms with Crippen molar-refractivity contribution in [1.82, 2.24) is 15.0 Å². The van der Waals surface area contributed by atoms with Gasteiger partial charge in [-0.1, -0.05) is 133 Å². The van der Waals surface area contributed by atoms with Crippen LogP contribution in [-0.2, 0) is 0 Å². The summed E-state index contributed by atoms with van der Waals surface area (Å²) >= 11 is 1.86. The fraction of sp³-hybridized carbons (Fsp3) is 0. The largest absolute Gasteiger partial charge is 0.311 e. The van der Waals surface area contributed by atoms with E-state index in [0.717, 1.165) is 66.6 Å². The predicted octanol–water partition coefficient (Wildman–Crippen LogP) is 13.7. The molecule has 3 aromatic heterocycles. The van der Waals surface area contributed by atoms with Crippen molar-refractivity contribution in [2.45, 2.75) is 0 Å². The lowest BCUT2D eigenvalue weighted by molar-refractivity contribution is 1.20. The highest BCUT2D eigenvalue weighted by atomic mass is 32.1. The average molecular weight is 707 g/mol. The third kappa shape index (κ3) is 4.79. The Bertz CT molecular complexity index is 3170. The number of nitrogens with zero attached hydrogens (tertiary/aromatic N) is 4. The summed E-state index contributed by atoms with van der Waals surface area (Å²) < 4.78 is 2.58. The van der Waals surface area contributed by atoms with Gasteiger partial charge in [-0.3, -0.25) is 0 Å². The highest BCUT2D eigenvalue weighted by Gasteiger charge is 2.22. The zero-order valence-corrected chi connectivity index (χ0v) is 29.8. The first-order valence-electron chi connectivity index (χ1n) is 18.1. The van der Waals surface area contributed by atoms with Crippen LogP contribution in [0.15, 0.2) is 182 Å². The van der Waals surface area contributed by atoms with Crippen LogP contribution >= 0.6 is 11.3 Å². The monoisotopic (exact) mass is 706 g/mol. The maximum absolute atomic E-state index is 5.56. The average Bonchev–Trinajstić information content (AvgIpc) is 3.64. The van der Waals surface area contributed by atoms with E-state index in [1.807, 2.05) is 29.5 Å². The Morgan fingerprint density at radius 3 is 1.65 bits per heavy atom. The fourth-order valence-electron chi connectivity index (χ4n) is 8.02. The molecule has 5 heteroatoms. The lowest BCUT2D eigenvalue weighted by Crippen LogP contribution is -2.09. The quantitative estimate of drug-likeness (QED) is 0.167. The van der Waals surface area contributed by atoms with Crippen molar-refractivity contribution in [1.29, 1.82) is 0 Å². The zero-order chi connectivity index (χ0) is 35.6. The second kappa shape index (κ2) is 12.3. The molecule has 0 saturated carbocycles. The standard InChI is InChI=1S/C49H30N4S/c1-3-15-32(16-4-1)53(33-17-5-2-6-18-33)34-29-27-31(28-30-34)45-39-23-11-13-25-41(39)50-49(52-45)47-36-20-8-7-19-35(36)43-44-40-24-12-14-26-42(40)54-48(44)38-22-10-9-21-37(38)46(43)51-47/h1-30H. The van der Waals surface area contributed by atoms with Gasteiger partial charge in [-0.25, -0.2) is 15.0 Å². The second-order valence-corrected chi connectivity index (χ2v) is 14.6. The maximum atomic E-state index is 5.56. The molecule has 0 radical (unpaired) electrons. The van der Waals surface area contributed by atoms with E-state index in [0.29, 0.717) is 5.82 Å². The van der Waals surface area contributed by atoms with Gasteiger partial charge in [0, 0.05) is 69.7 Å². The van der Waals surface area contributed by atoms with Gasteiger partial charge < -0.3 is 4.90 Å². The molecule has 0 fully saturated rings. The van der Waals surface area contributed by atoms with Crippen LogP contribution in [0.2, 0.25) is 0 Å². The molecule has 3 heterocycles. The van der Waals surface area contributed by atoms with Gasteiger partial charge in [0.1, 0.15) is 5.69 Å². The van der Waals surface area contributed by atoms with Crippen LogP contribution in [0.25, 0.3) is 86.3 Å². The molecule has 0 N–H and O–H groups in total. The Morgan fingerprint density at radius 1 is 0.370 bits per heavy atom. The summed E-state index contributed by atoms with van der Waals surface area (Å²) in [5.74, 6) is 0.612. The summed E-state index contributed by atoms with van der Waals surface area (Å²) in [5.41, 5.74) is 7.79. The van der Waals surface area contributed by atoms with E-state index in [1.54, 1.807) is 0 Å². The number of benzene rings is 8. The smallest absolute Gasteiger partial charge is 0.179 e. The van der Waals surface area contributed by atoms with Crippen LogP contribution in [0.4, 0.5) is 17.1 Å². The van der Waals surface area contributed by atoms with Crippen molar-refractivity contribution in [2.24, 2.45) is 0 Å². The van der Waals surface area contributed by atoms with Gasteiger partial charge in [0.25, 0.3) is 0 Å². The number of rotatable bonds is 5. The van der Waals surface area contributed by atoms with Crippen molar-refractivity contribution in [3.63, 3.8) is 0 Å². The molecule has 0 bridgehead atoms. The number of anilines is 3. The van der Waals surface area contributed by atoms with E-state index in [1.165, 1.54) is 30.9 Å². The Kier molecular flexibility index (Phi) is 7.00. The van der Waals surface area contributed by atoms with Crippen LogP contribution < -0.4 is 4.90 Å². The highest BCUT2D eigenvalue weighted by Crippen LogP contribution is 2.47. The Hall–Kier alpha value is -6.95. The topological polar surface area (TPSA) is 41.9 Å². The van der Waals surface area contributed by atoms with Crippen molar-refractivity contribution in [3.05, 3.63) is 182 Å². The van der Waals surface area contributed by atoms with Crippen LogP contribution in [-0.4, -0.2) is 15.0 Å². The highest BCUT2D eigenvalue weighted by molar-refractivity contribution is 7.27. The Balaban J connectivity index is 1.15. The number of fused-ring (bicyclic) bond motifs is 11. The van der Waals surface area contributed by atoms with E-state index < -0.39 is 0 Å². The summed E-state index contributed by atoms with van der Waals surface area (Å²) in [5, 5.41) is 9.25. The molecule has 11 aromatic rings. The molecule has 0 saturated heterocycles. The minimum absolute atomic E-state index is 0.612. The zero-order valence-electron chi connectivity index (χ0n) is 29.0. The molecule has 0 aliphatic heterocycles. The molecule has 11 rings (SSSR count). The van der Waals surface area contributed by atoms with Gasteiger partial charge in [0.2, 0.25) is 0 Å². The summed E-state index contributed by atoms with van der Waals surface area (Å²) in [7, 11) is 0. The molecule has 54 heavy (non-hydrogen) atoms. The van der Waals surface area contributed by atoms with Gasteiger partial charge in [-0.2, -0.15) is 0 Å². The molecule has 0 aliphatic carbocycles. The maximum Gasteiger partial charge on any atom is 0.179 e. The van der Waals surface area contributed by atoms with Gasteiger partial charge in [0.15, 0.2) is 5.82 Å². The van der Waals surface area contributed by atoms with E-state index in [2.05, 4.69) is 169 Å². The Labute approximate surface area is 315 Å². The van der Waals surface area contributed by atoms with E-state index in [-0.39, 0.29) is 0 Å². The SMILES string of the molecule is c1ccc(N(c2ccccc2)c2ccc(-c3nc(-c4nc5c6ccccc6c6sc7ccccc7c6c5c5ccccc45)nc4ccccc34)cc2)cc1. The fourth-order valence-corrected chi connectivity index (χ4v) is 9.27. The minimum atomic E-state index is 0.612. The number of hydrogen-bond acceptors (Lipinski definition) is 5. The van der Waals surface area contributed by atoms with Crippen molar-refractivity contribution in [2.75, 3.05) is 4.90 Å². The van der Waals surface area contributed by atoms with Gasteiger partial charge in [-0.05, 0) is 53.9 Å². The minimum Gasteiger partial charge on any atom is -0.311 e. The molecule has 0 aliphatic rings. The third-order valence-electron chi connectivity index (χ3n) is 10.4. The second-order valence-electron chi connectivity index (χ2n) is 13.5. The molecule has 4 nitrogen and oxygen atoms in total. The van der Waals surface area contributed by atoms with Gasteiger partial charge >= 0.3 is 0 Å². The first-order chi connectivity index (χ1) is 26.8. The summed E-state index contributed by atoms with van der Waals surface area (Å²) in [6, 6.07) is 64.0. The van der Waals surface area contributed by atoms with Crippen LogP contribution in [0.3, 0.4) is 0 Å². The Morgan fingerprint density at radius 2 is 0.926 bits per heavy atom. The van der Waals surface area contributed by atoms with Crippen LogP contribution in [0.1, 0.15) is 0 Å². The molecular weight excluding hydrogens is 677 g/mol. The lowest BCUT2D eigenvalue weighted by atomic mass is 9.95. The first kappa shape index (κ1) is 30.7. The number of para-hydroxylation sites is 3. The summed E-state index contributed by atoms with van der Waals surface area (Å²) in [6.45, 7) is 0. The number of thiophene rings is 1. The van der Waals surface area contributed by atoms with E-state index in [9.17, 15) is 0 Å². The first-order valence-corrected chi connectivity index (χ1v) is 18.9. The predicted molar refractivity (Wildman–Crippen MR) is 228 cm³/mol. The summed E-state index contributed by atoms with van der Waals surface area (Å²) in [4.78, 5) is 18.4. The molecule has 0 atom stereocenters. The molecular formula is C49H30N4S. The van der Waals surface area contributed by atoms with E-state index >= 15 is 0 Å². The molecule has 0 unspecified atom stereocenters. The molecule has 0 amide bonds. The molecule has 8 aromatic carbocycles. The van der Waals surface area contributed by atoms with Crippen molar-refractivity contribution < 1.29 is 0 Å². The van der Waals surface area contributed by atoms with Gasteiger partial charge in [0.05, 0.1) is 16.7 Å². The van der Waals surface area contributed by atoms with Gasteiger partial charge in [-0.15, -0.1) is 11.3 Å². The number of pyridine rings is 1. The van der Waals surface area contributed by atoms with Crippen molar-refractivity contribution in [3.8, 4) is 22.8 Å². The molecule has 0 spiro atoms. The normalized spacial score (nSPS) is 11.7. The number of aromatic nitrogens is 3. The lowest BCUT2D eigenvalue weighted by Gasteiger charge is -2.25. The van der Waals surface area contributed by atoms with Crippen LogP contribution in [0, 0.1) is 0 Å². The van der Waals surface area contributed by atoms with E-state index in [4.69, 9.17) is 15.0 Å². The molecule has 252 valence electrons. The summed E-state index contributed by atoms with van der Waals surface area (Å²) in [6.07, 6.45) is 0. The third-order valence-corrected chi connectivity index (χ3v) is 11.6. The number of hydrogen-bond donors (Lipinski definition) is 0. The van der Waals surface area contributed by atoms with Crippen LogP contribution in [0.5, 0.6) is 0 Å².